The van der Waals surface area contributed by atoms with Crippen LogP contribution in [0.15, 0.2) is 76.4 Å². The third-order valence-electron chi connectivity index (χ3n) is 4.79. The molecule has 0 fully saturated rings. The molecule has 0 radical (unpaired) electrons. The minimum Gasteiger partial charge on any atom is -0.497 e. The van der Waals surface area contributed by atoms with Crippen molar-refractivity contribution in [3.05, 3.63) is 93.3 Å². The molecule has 2 N–H and O–H groups in total. The minimum atomic E-state index is -0.424. The van der Waals surface area contributed by atoms with Crippen molar-refractivity contribution in [3.8, 4) is 16.9 Å². The first kappa shape index (κ1) is 17.7. The Bertz CT molecular complexity index is 1240. The van der Waals surface area contributed by atoms with Gasteiger partial charge in [0.25, 0.3) is 11.2 Å². The van der Waals surface area contributed by atoms with Crippen LogP contribution in [0.5, 0.6) is 5.75 Å². The Hall–Kier alpha value is -3.67. The molecule has 6 heteroatoms. The summed E-state index contributed by atoms with van der Waals surface area (Å²) in [5.41, 5.74) is 2.38. The molecule has 2 heterocycles. The van der Waals surface area contributed by atoms with Gasteiger partial charge in [0.05, 0.1) is 19.9 Å². The molecule has 4 aromatic rings. The van der Waals surface area contributed by atoms with E-state index in [4.69, 9.17) is 4.74 Å². The van der Waals surface area contributed by atoms with Crippen molar-refractivity contribution >= 4 is 11.0 Å². The number of rotatable bonds is 5. The highest BCUT2D eigenvalue weighted by Crippen LogP contribution is 2.26. The second kappa shape index (κ2) is 7.52. The normalized spacial score (nSPS) is 10.9. The first-order valence-corrected chi connectivity index (χ1v) is 9.03. The van der Waals surface area contributed by atoms with Crippen molar-refractivity contribution in [1.29, 1.82) is 0 Å². The highest BCUT2D eigenvalue weighted by atomic mass is 16.5. The fourth-order valence-electron chi connectivity index (χ4n) is 3.39. The first-order valence-electron chi connectivity index (χ1n) is 9.03. The number of H-pyrrole nitrogens is 2. The molecule has 0 saturated carbocycles. The molecule has 0 unspecified atom stereocenters. The van der Waals surface area contributed by atoms with E-state index in [1.165, 1.54) is 0 Å². The molecule has 0 saturated heterocycles. The summed E-state index contributed by atoms with van der Waals surface area (Å²) in [6.07, 6.45) is 2.42. The molecule has 0 aliphatic carbocycles. The summed E-state index contributed by atoms with van der Waals surface area (Å²) in [5, 5.41) is 0.448. The van der Waals surface area contributed by atoms with E-state index < -0.39 is 11.2 Å². The van der Waals surface area contributed by atoms with E-state index in [9.17, 15) is 9.59 Å². The number of hydrogen-bond donors (Lipinski definition) is 1. The quantitative estimate of drug-likeness (QED) is 0.583. The lowest BCUT2D eigenvalue weighted by Gasteiger charge is -2.08. The summed E-state index contributed by atoms with van der Waals surface area (Å²) < 4.78 is 6.88. The summed E-state index contributed by atoms with van der Waals surface area (Å²) in [6, 6.07) is 19.3. The number of aromatic amines is 2. The standard InChI is InChI=1S/C22H19N3O3/c1-28-17-9-5-8-16(14-17)18-10-12-23-20-19(18)21(26)24-22(27)25(20)13-11-15-6-3-2-4-7-15/h2-10,12,14H,11,13H2,1H3,(H,24,26,27)/p+1. The molecule has 4 rings (SSSR count). The van der Waals surface area contributed by atoms with E-state index in [2.05, 4.69) is 9.97 Å². The molecular weight excluding hydrogens is 354 g/mol. The average molecular weight is 374 g/mol. The second-order valence-electron chi connectivity index (χ2n) is 6.49. The van der Waals surface area contributed by atoms with Crippen LogP contribution >= 0.6 is 0 Å². The zero-order chi connectivity index (χ0) is 19.5. The van der Waals surface area contributed by atoms with Crippen LogP contribution in [0.25, 0.3) is 22.2 Å². The van der Waals surface area contributed by atoms with Crippen molar-refractivity contribution in [3.63, 3.8) is 0 Å². The molecule has 2 aromatic heterocycles. The van der Waals surface area contributed by atoms with Gasteiger partial charge in [-0.05, 0) is 29.3 Å². The van der Waals surface area contributed by atoms with Crippen molar-refractivity contribution in [2.24, 2.45) is 0 Å². The predicted molar refractivity (Wildman–Crippen MR) is 108 cm³/mol. The molecule has 2 aromatic carbocycles. The van der Waals surface area contributed by atoms with Gasteiger partial charge in [-0.25, -0.2) is 9.78 Å². The Balaban J connectivity index is 1.86. The zero-order valence-corrected chi connectivity index (χ0v) is 15.4. The van der Waals surface area contributed by atoms with E-state index >= 15 is 0 Å². The van der Waals surface area contributed by atoms with E-state index in [1.807, 2.05) is 60.7 Å². The lowest BCUT2D eigenvalue weighted by atomic mass is 10.0. The third kappa shape index (κ3) is 3.32. The lowest BCUT2D eigenvalue weighted by molar-refractivity contribution is -0.349. The maximum atomic E-state index is 12.7. The number of nitrogens with one attached hydrogen (secondary N) is 2. The molecule has 0 aliphatic heterocycles. The maximum absolute atomic E-state index is 12.7. The van der Waals surface area contributed by atoms with Gasteiger partial charge in [0.1, 0.15) is 11.1 Å². The highest BCUT2D eigenvalue weighted by molar-refractivity contribution is 5.90. The fraction of sp³-hybridized carbons (Fsp3) is 0.136. The Morgan fingerprint density at radius 1 is 1.04 bits per heavy atom. The van der Waals surface area contributed by atoms with Gasteiger partial charge in [-0.1, -0.05) is 42.5 Å². The van der Waals surface area contributed by atoms with Crippen LogP contribution in [0.2, 0.25) is 0 Å². The topological polar surface area (TPSA) is 78.2 Å². The van der Waals surface area contributed by atoms with Crippen molar-refractivity contribution in [2.45, 2.75) is 13.0 Å². The summed E-state index contributed by atoms with van der Waals surface area (Å²) in [6.45, 7) is 0.453. The van der Waals surface area contributed by atoms with E-state index in [-0.39, 0.29) is 0 Å². The average Bonchev–Trinajstić information content (AvgIpc) is 2.74. The van der Waals surface area contributed by atoms with Gasteiger partial charge in [0.15, 0.2) is 0 Å². The molecule has 28 heavy (non-hydrogen) atoms. The van der Waals surface area contributed by atoms with Gasteiger partial charge in [-0.3, -0.25) is 9.78 Å². The van der Waals surface area contributed by atoms with Gasteiger partial charge in [-0.2, -0.15) is 4.57 Å². The maximum Gasteiger partial charge on any atom is 0.415 e. The smallest absolute Gasteiger partial charge is 0.415 e. The number of fused-ring (bicyclic) bond motifs is 1. The Labute approximate surface area is 161 Å². The van der Waals surface area contributed by atoms with Gasteiger partial charge in [0, 0.05) is 12.0 Å². The Morgan fingerprint density at radius 3 is 2.64 bits per heavy atom. The summed E-state index contributed by atoms with van der Waals surface area (Å²) in [4.78, 5) is 30.7. The number of methoxy groups -OCH3 is 1. The number of aromatic nitrogens is 3. The number of aryl methyl sites for hydroxylation is 2. The number of benzene rings is 2. The summed E-state index contributed by atoms with van der Waals surface area (Å²) >= 11 is 0. The molecule has 0 atom stereocenters. The summed E-state index contributed by atoms with van der Waals surface area (Å²) in [7, 11) is 1.60. The molecule has 140 valence electrons. The molecule has 0 amide bonds. The van der Waals surface area contributed by atoms with Crippen LogP contribution in [0, 0.1) is 0 Å². The number of pyridine rings is 1. The molecule has 0 spiro atoms. The van der Waals surface area contributed by atoms with Crippen molar-refractivity contribution in [1.82, 2.24) is 9.55 Å². The highest BCUT2D eigenvalue weighted by Gasteiger charge is 2.19. The lowest BCUT2D eigenvalue weighted by Crippen LogP contribution is -2.34. The van der Waals surface area contributed by atoms with Crippen LogP contribution < -0.4 is 21.0 Å². The first-order chi connectivity index (χ1) is 13.7. The second-order valence-corrected chi connectivity index (χ2v) is 6.49. The zero-order valence-electron chi connectivity index (χ0n) is 15.4. The van der Waals surface area contributed by atoms with Crippen LogP contribution in [0.3, 0.4) is 0 Å². The SMILES string of the molecule is COc1cccc(-c2cc[nH+]c3c2c(=O)[nH]c(=O)n3CCc2ccccc2)c1. The van der Waals surface area contributed by atoms with Crippen LogP contribution in [-0.4, -0.2) is 16.7 Å². The van der Waals surface area contributed by atoms with Gasteiger partial charge < -0.3 is 4.74 Å². The Morgan fingerprint density at radius 2 is 1.86 bits per heavy atom. The largest absolute Gasteiger partial charge is 0.497 e. The minimum absolute atomic E-state index is 0.411. The number of hydrogen-bond acceptors (Lipinski definition) is 3. The van der Waals surface area contributed by atoms with Gasteiger partial charge >= 0.3 is 5.69 Å². The monoisotopic (exact) mass is 374 g/mol. The van der Waals surface area contributed by atoms with E-state index in [0.29, 0.717) is 29.7 Å². The molecule has 0 bridgehead atoms. The predicted octanol–water partition coefficient (Wildman–Crippen LogP) is 2.42. The van der Waals surface area contributed by atoms with Gasteiger partial charge in [0.2, 0.25) is 0 Å². The van der Waals surface area contributed by atoms with Crippen LogP contribution in [0.4, 0.5) is 0 Å². The van der Waals surface area contributed by atoms with Crippen LogP contribution in [-0.2, 0) is 13.0 Å². The fourth-order valence-corrected chi connectivity index (χ4v) is 3.39. The molecule has 6 nitrogen and oxygen atoms in total. The van der Waals surface area contributed by atoms with Crippen molar-refractivity contribution in [2.75, 3.05) is 7.11 Å². The van der Waals surface area contributed by atoms with Gasteiger partial charge in [-0.15, -0.1) is 0 Å². The molecular formula is C22H20N3O3+. The van der Waals surface area contributed by atoms with E-state index in [1.54, 1.807) is 17.9 Å². The number of ether oxygens (including phenoxy) is 1. The summed E-state index contributed by atoms with van der Waals surface area (Å²) in [5.74, 6) is 0.701. The van der Waals surface area contributed by atoms with Crippen molar-refractivity contribution < 1.29 is 9.72 Å². The van der Waals surface area contributed by atoms with E-state index in [0.717, 1.165) is 16.7 Å². The number of nitrogens with zero attached hydrogens (tertiary/aromatic N) is 1. The van der Waals surface area contributed by atoms with Crippen LogP contribution in [0.1, 0.15) is 5.56 Å². The third-order valence-corrected chi connectivity index (χ3v) is 4.79. The molecule has 0 aliphatic rings. The Kier molecular flexibility index (Phi) is 4.76.